The second kappa shape index (κ2) is 15.8. The Bertz CT molecular complexity index is 2170. The number of esters is 1. The zero-order chi connectivity index (χ0) is 38.9. The van der Waals surface area contributed by atoms with E-state index in [2.05, 4.69) is 34.0 Å². The summed E-state index contributed by atoms with van der Waals surface area (Å²) in [6.45, 7) is 8.61. The fourth-order valence-electron chi connectivity index (χ4n) is 7.46. The summed E-state index contributed by atoms with van der Waals surface area (Å²) in [5.41, 5.74) is 7.46. The second-order valence-corrected chi connectivity index (χ2v) is 14.8. The molecule has 0 saturated carbocycles. The molecule has 1 atom stereocenters. The van der Waals surface area contributed by atoms with Crippen molar-refractivity contribution in [3.8, 4) is 46.1 Å². The highest BCUT2D eigenvalue weighted by molar-refractivity contribution is 5.83. The molecular weight excluding hydrogens is 712 g/mol. The molecule has 2 aliphatic rings. The van der Waals surface area contributed by atoms with E-state index in [0.29, 0.717) is 36.1 Å². The maximum Gasteiger partial charge on any atom is 0.387 e. The van der Waals surface area contributed by atoms with Gasteiger partial charge in [0, 0.05) is 36.8 Å². The van der Waals surface area contributed by atoms with Crippen LogP contribution in [0.15, 0.2) is 52.9 Å². The maximum atomic E-state index is 13.4. The van der Waals surface area contributed by atoms with E-state index in [1.807, 2.05) is 50.2 Å². The zero-order valence-corrected chi connectivity index (χ0v) is 31.8. The fraction of sp³-hybridized carbons (Fsp3) is 0.415. The molecule has 290 valence electrons. The number of rotatable bonds is 14. The first-order valence-corrected chi connectivity index (χ1v) is 18.2. The zero-order valence-electron chi connectivity index (χ0n) is 31.8. The number of nitrogens with one attached hydrogen (secondary N) is 1. The number of methoxy groups -OCH3 is 2. The highest BCUT2D eigenvalue weighted by Crippen LogP contribution is 2.38. The van der Waals surface area contributed by atoms with Gasteiger partial charge in [0.25, 0.3) is 0 Å². The molecule has 55 heavy (non-hydrogen) atoms. The van der Waals surface area contributed by atoms with Crippen molar-refractivity contribution in [1.82, 2.24) is 25.2 Å². The Balaban J connectivity index is 1.12. The van der Waals surface area contributed by atoms with Gasteiger partial charge in [-0.2, -0.15) is 18.7 Å². The van der Waals surface area contributed by atoms with Crippen molar-refractivity contribution in [1.29, 1.82) is 0 Å². The van der Waals surface area contributed by atoms with Crippen LogP contribution >= 0.6 is 0 Å². The number of hydrogen-bond donors (Lipinski definition) is 1. The third kappa shape index (κ3) is 8.20. The van der Waals surface area contributed by atoms with Crippen LogP contribution in [0.25, 0.3) is 33.7 Å². The fourth-order valence-corrected chi connectivity index (χ4v) is 7.46. The molecule has 3 aromatic carbocycles. The first kappa shape index (κ1) is 38.0. The number of carbonyl (C=O) groups is 1. The number of likely N-dealkylation sites (tertiary alicyclic amines) is 1. The molecule has 0 bridgehead atoms. The Morgan fingerprint density at radius 1 is 0.945 bits per heavy atom. The van der Waals surface area contributed by atoms with E-state index >= 15 is 0 Å². The number of alkyl halides is 2. The molecule has 4 heterocycles. The minimum Gasteiger partial charge on any atom is -0.481 e. The van der Waals surface area contributed by atoms with Gasteiger partial charge in [0.2, 0.25) is 17.7 Å². The van der Waals surface area contributed by atoms with Crippen LogP contribution in [0.2, 0.25) is 0 Å². The van der Waals surface area contributed by atoms with Gasteiger partial charge in [-0.15, -0.1) is 0 Å². The Morgan fingerprint density at radius 3 is 2.29 bits per heavy atom. The number of hydrogen-bond acceptors (Lipinski definition) is 12. The summed E-state index contributed by atoms with van der Waals surface area (Å²) in [7, 11) is 3.15. The van der Waals surface area contributed by atoms with Crippen molar-refractivity contribution in [2.45, 2.75) is 72.9 Å². The van der Waals surface area contributed by atoms with Crippen molar-refractivity contribution >= 4 is 17.1 Å². The van der Waals surface area contributed by atoms with Crippen molar-refractivity contribution in [3.05, 3.63) is 76.3 Å². The third-order valence-electron chi connectivity index (χ3n) is 10.1. The third-order valence-corrected chi connectivity index (χ3v) is 10.1. The summed E-state index contributed by atoms with van der Waals surface area (Å²) < 4.78 is 60.6. The van der Waals surface area contributed by atoms with Crippen molar-refractivity contribution < 1.29 is 41.7 Å². The van der Waals surface area contributed by atoms with Crippen LogP contribution < -0.4 is 24.3 Å². The normalized spacial score (nSPS) is 16.6. The molecule has 1 N–H and O–H groups in total. The minimum absolute atomic E-state index is 0.147. The quantitative estimate of drug-likeness (QED) is 0.113. The topological polar surface area (TPSA) is 130 Å². The number of carbonyl (C=O) groups excluding carboxylic acids is 1. The lowest BCUT2D eigenvalue weighted by Crippen LogP contribution is -2.52. The highest BCUT2D eigenvalue weighted by atomic mass is 19.3. The van der Waals surface area contributed by atoms with Crippen molar-refractivity contribution in [2.75, 3.05) is 33.9 Å². The van der Waals surface area contributed by atoms with E-state index in [-0.39, 0.29) is 41.5 Å². The van der Waals surface area contributed by atoms with Gasteiger partial charge >= 0.3 is 18.6 Å². The number of halogens is 2. The summed E-state index contributed by atoms with van der Waals surface area (Å²) in [5, 5.41) is 3.08. The molecule has 14 heteroatoms. The first-order valence-electron chi connectivity index (χ1n) is 18.2. The molecule has 0 aliphatic carbocycles. The van der Waals surface area contributed by atoms with Gasteiger partial charge in [-0.3, -0.25) is 9.69 Å². The molecule has 0 spiro atoms. The lowest BCUT2D eigenvalue weighted by Gasteiger charge is -2.46. The van der Waals surface area contributed by atoms with E-state index in [9.17, 15) is 13.6 Å². The molecule has 7 rings (SSSR count). The van der Waals surface area contributed by atoms with Crippen LogP contribution in [-0.2, 0) is 29.3 Å². The van der Waals surface area contributed by atoms with Crippen LogP contribution in [-0.4, -0.2) is 72.3 Å². The smallest absolute Gasteiger partial charge is 0.387 e. The van der Waals surface area contributed by atoms with Crippen LogP contribution in [0.4, 0.5) is 8.78 Å². The minimum atomic E-state index is -3.08. The van der Waals surface area contributed by atoms with Crippen LogP contribution in [0.1, 0.15) is 54.5 Å². The van der Waals surface area contributed by atoms with Crippen LogP contribution in [0, 0.1) is 19.3 Å². The van der Waals surface area contributed by atoms with Gasteiger partial charge in [0.1, 0.15) is 30.5 Å². The Kier molecular flexibility index (Phi) is 10.9. The monoisotopic (exact) mass is 757 g/mol. The molecule has 2 fully saturated rings. The molecule has 0 unspecified atom stereocenters. The summed E-state index contributed by atoms with van der Waals surface area (Å²) in [6.07, 6.45) is 1.52. The summed E-state index contributed by atoms with van der Waals surface area (Å²) in [4.78, 5) is 28.7. The predicted octanol–water partition coefficient (Wildman–Crippen LogP) is 7.40. The van der Waals surface area contributed by atoms with Crippen molar-refractivity contribution in [3.63, 3.8) is 0 Å². The summed E-state index contributed by atoms with van der Waals surface area (Å²) >= 11 is 0. The number of fused-ring (bicyclic) bond motifs is 1. The lowest BCUT2D eigenvalue weighted by atomic mass is 9.84. The average molecular weight is 758 g/mol. The van der Waals surface area contributed by atoms with E-state index in [0.717, 1.165) is 65.0 Å². The Morgan fingerprint density at radius 2 is 1.64 bits per heavy atom. The molecule has 12 nitrogen and oxygen atoms in total. The van der Waals surface area contributed by atoms with E-state index in [4.69, 9.17) is 33.1 Å². The number of ether oxygens (including phenoxy) is 5. The largest absolute Gasteiger partial charge is 0.481 e. The van der Waals surface area contributed by atoms with Gasteiger partial charge in [-0.25, -0.2) is 4.98 Å². The van der Waals surface area contributed by atoms with E-state index in [1.165, 1.54) is 6.07 Å². The number of oxazole rings is 1. The van der Waals surface area contributed by atoms with E-state index < -0.39 is 18.6 Å². The van der Waals surface area contributed by atoms with Crippen LogP contribution in [0.5, 0.6) is 23.5 Å². The molecule has 2 aliphatic heterocycles. The maximum absolute atomic E-state index is 13.4. The first-order chi connectivity index (χ1) is 26.4. The number of aromatic nitrogens is 3. The Labute approximate surface area is 318 Å². The number of nitrogens with zero attached hydrogens (tertiary/aromatic N) is 4. The van der Waals surface area contributed by atoms with Gasteiger partial charge in [0.15, 0.2) is 5.58 Å². The standard InChI is InChI=1S/C41H45F2N5O7/c1-23-25(19-53-40-46-35(50-5)30(36(47-40)51-6)18-48-21-41(3,4)22-48)10-7-11-27(23)28-12-8-13-29(24(28)2)37-45-32-16-26(20-52-38(49)31-14-9-15-44-31)33(55-39(42)43)17-34(32)54-37/h7-8,10-13,16-17,31,39,44H,9,14-15,18-22H2,1-6H3/t31-/m0/s1. The molecular formula is C41H45F2N5O7. The summed E-state index contributed by atoms with van der Waals surface area (Å²) in [6, 6.07) is 14.5. The molecule has 5 aromatic rings. The van der Waals surface area contributed by atoms with Crippen LogP contribution in [0.3, 0.4) is 0 Å². The SMILES string of the molecule is COc1nc(OCc2cccc(-c3cccc(-c4nc5cc(COC(=O)[C@@H]6CCCN6)c(OC(F)F)cc5o4)c3C)c2C)nc(OC)c1CN1CC(C)(C)C1. The van der Waals surface area contributed by atoms with Gasteiger partial charge in [0.05, 0.1) is 19.8 Å². The second-order valence-electron chi connectivity index (χ2n) is 14.8. The average Bonchev–Trinajstić information content (AvgIpc) is 3.84. The van der Waals surface area contributed by atoms with E-state index in [1.54, 1.807) is 20.3 Å². The molecule has 0 amide bonds. The van der Waals surface area contributed by atoms with Crippen molar-refractivity contribution in [2.24, 2.45) is 5.41 Å². The Hall–Kier alpha value is -5.34. The molecule has 2 aromatic heterocycles. The van der Waals surface area contributed by atoms with Gasteiger partial charge in [-0.1, -0.05) is 44.2 Å². The highest BCUT2D eigenvalue weighted by Gasteiger charge is 2.35. The molecule has 2 saturated heterocycles. The molecule has 0 radical (unpaired) electrons. The van der Waals surface area contributed by atoms with Gasteiger partial charge < -0.3 is 33.4 Å². The predicted molar refractivity (Wildman–Crippen MR) is 200 cm³/mol. The summed E-state index contributed by atoms with van der Waals surface area (Å²) in [5.74, 6) is 0.548. The van der Waals surface area contributed by atoms with Gasteiger partial charge in [-0.05, 0) is 78.6 Å². The lowest BCUT2D eigenvalue weighted by molar-refractivity contribution is -0.147. The number of benzene rings is 3.